The monoisotopic (exact) mass is 492 g/mol. The van der Waals surface area contributed by atoms with Crippen molar-refractivity contribution in [2.75, 3.05) is 42.6 Å². The van der Waals surface area contributed by atoms with Crippen molar-refractivity contribution in [1.82, 2.24) is 14.7 Å². The zero-order valence-corrected chi connectivity index (χ0v) is 21.4. The molecule has 1 aromatic heterocycles. The molecule has 184 valence electrons. The van der Waals surface area contributed by atoms with Crippen LogP contribution in [0.25, 0.3) is 11.3 Å². The first-order valence-corrected chi connectivity index (χ1v) is 14.0. The van der Waals surface area contributed by atoms with Crippen molar-refractivity contribution >= 4 is 21.4 Å². The van der Waals surface area contributed by atoms with Gasteiger partial charge in [-0.15, -0.1) is 0 Å². The van der Waals surface area contributed by atoms with E-state index in [2.05, 4.69) is 62.1 Å². The molecule has 2 fully saturated rings. The third-order valence-electron chi connectivity index (χ3n) is 7.25. The Labute approximate surface area is 207 Å². The third-order valence-corrected chi connectivity index (χ3v) is 9.00. The largest absolute Gasteiger partial charge is 0.368 e. The summed E-state index contributed by atoms with van der Waals surface area (Å²) in [5, 5.41) is 4.70. The summed E-state index contributed by atoms with van der Waals surface area (Å²) in [7, 11) is -3.09. The van der Waals surface area contributed by atoms with E-state index in [0.29, 0.717) is 25.2 Å². The van der Waals surface area contributed by atoms with Crippen LogP contribution >= 0.6 is 0 Å². The molecular weight excluding hydrogens is 460 g/mol. The Kier molecular flexibility index (Phi) is 6.17. The first-order valence-electron chi connectivity index (χ1n) is 12.2. The summed E-state index contributed by atoms with van der Waals surface area (Å²) >= 11 is 0. The summed E-state index contributed by atoms with van der Waals surface area (Å²) in [6.07, 6.45) is 0.519. The lowest BCUT2D eigenvalue weighted by atomic mass is 10.0. The van der Waals surface area contributed by atoms with Gasteiger partial charge in [0, 0.05) is 37.4 Å². The van der Waals surface area contributed by atoms with Crippen molar-refractivity contribution < 1.29 is 13.2 Å². The quantitative estimate of drug-likeness (QED) is 0.554. The molecule has 2 aliphatic heterocycles. The number of hydrogen-bond acceptors (Lipinski definition) is 5. The molecular formula is C27H32N4O3S. The van der Waals surface area contributed by atoms with Gasteiger partial charge in [-0.3, -0.25) is 9.48 Å². The second kappa shape index (κ2) is 9.15. The number of aromatic nitrogens is 2. The molecule has 0 radical (unpaired) electrons. The maximum Gasteiger partial charge on any atom is 0.274 e. The molecule has 3 aromatic rings. The fourth-order valence-electron chi connectivity index (χ4n) is 5.02. The fraction of sp³-hybridized carbons (Fsp3) is 0.407. The molecule has 2 aromatic carbocycles. The first-order chi connectivity index (χ1) is 16.7. The Balaban J connectivity index is 1.40. The highest BCUT2D eigenvalue weighted by atomic mass is 32.2. The molecule has 0 N–H and O–H groups in total. The SMILES string of the molecule is Cc1cccc(N2CCN(C(=O)c3cc(-c4ccc(C)c(C)c4)n([C@@H]4CCS(=O)(=O)C4)n3)CC2)c1. The van der Waals surface area contributed by atoms with E-state index in [1.54, 1.807) is 4.68 Å². The molecule has 1 amide bonds. The summed E-state index contributed by atoms with van der Waals surface area (Å²) in [4.78, 5) is 17.6. The molecule has 3 heterocycles. The summed E-state index contributed by atoms with van der Waals surface area (Å²) in [5.74, 6) is 0.127. The second-order valence-electron chi connectivity index (χ2n) is 9.83. The lowest BCUT2D eigenvalue weighted by molar-refractivity contribution is 0.0739. The zero-order valence-electron chi connectivity index (χ0n) is 20.6. The number of piperazine rings is 1. The Hall–Kier alpha value is -3.13. The number of carbonyl (C=O) groups is 1. The second-order valence-corrected chi connectivity index (χ2v) is 12.1. The number of carbonyl (C=O) groups excluding carboxylic acids is 1. The number of nitrogens with zero attached hydrogens (tertiary/aromatic N) is 4. The predicted octanol–water partition coefficient (Wildman–Crippen LogP) is 3.80. The highest BCUT2D eigenvalue weighted by Gasteiger charge is 2.33. The average molecular weight is 493 g/mol. The van der Waals surface area contributed by atoms with E-state index in [-0.39, 0.29) is 23.5 Å². The normalized spacial score (nSPS) is 19.8. The Bertz CT molecular complexity index is 1370. The van der Waals surface area contributed by atoms with E-state index in [9.17, 15) is 13.2 Å². The summed E-state index contributed by atoms with van der Waals surface area (Å²) in [6.45, 7) is 8.97. The number of benzene rings is 2. The fourth-order valence-corrected chi connectivity index (χ4v) is 6.71. The van der Waals surface area contributed by atoms with E-state index in [1.807, 2.05) is 17.0 Å². The number of hydrogen-bond donors (Lipinski definition) is 0. The molecule has 1 atom stereocenters. The zero-order chi connectivity index (χ0) is 24.7. The lowest BCUT2D eigenvalue weighted by Crippen LogP contribution is -2.49. The van der Waals surface area contributed by atoms with E-state index in [1.165, 1.54) is 16.8 Å². The molecule has 0 saturated carbocycles. The van der Waals surface area contributed by atoms with E-state index in [4.69, 9.17) is 5.10 Å². The number of anilines is 1. The molecule has 0 bridgehead atoms. The maximum absolute atomic E-state index is 13.5. The van der Waals surface area contributed by atoms with Crippen molar-refractivity contribution in [1.29, 1.82) is 0 Å². The van der Waals surface area contributed by atoms with Gasteiger partial charge in [-0.05, 0) is 68.1 Å². The van der Waals surface area contributed by atoms with E-state index < -0.39 is 9.84 Å². The van der Waals surface area contributed by atoms with Crippen molar-refractivity contribution in [3.05, 3.63) is 70.9 Å². The van der Waals surface area contributed by atoms with Gasteiger partial charge < -0.3 is 9.80 Å². The third kappa shape index (κ3) is 4.85. The van der Waals surface area contributed by atoms with Gasteiger partial charge in [0.1, 0.15) is 0 Å². The highest BCUT2D eigenvalue weighted by Crippen LogP contribution is 2.31. The molecule has 35 heavy (non-hydrogen) atoms. The lowest BCUT2D eigenvalue weighted by Gasteiger charge is -2.36. The van der Waals surface area contributed by atoms with Crippen LogP contribution in [0.15, 0.2) is 48.5 Å². The molecule has 0 aliphatic carbocycles. The van der Waals surface area contributed by atoms with Gasteiger partial charge in [0.15, 0.2) is 15.5 Å². The Morgan fingerprint density at radius 2 is 1.71 bits per heavy atom. The van der Waals surface area contributed by atoms with Crippen LogP contribution in [0.1, 0.15) is 39.6 Å². The van der Waals surface area contributed by atoms with Gasteiger partial charge in [-0.2, -0.15) is 5.10 Å². The van der Waals surface area contributed by atoms with E-state index >= 15 is 0 Å². The molecule has 2 saturated heterocycles. The van der Waals surface area contributed by atoms with Crippen molar-refractivity contribution in [3.63, 3.8) is 0 Å². The van der Waals surface area contributed by atoms with Gasteiger partial charge in [-0.25, -0.2) is 8.42 Å². The number of sulfone groups is 1. The average Bonchev–Trinajstić information content (AvgIpc) is 3.44. The molecule has 0 unspecified atom stereocenters. The number of aryl methyl sites for hydroxylation is 3. The van der Waals surface area contributed by atoms with Crippen LogP contribution in [-0.2, 0) is 9.84 Å². The van der Waals surface area contributed by atoms with Crippen molar-refractivity contribution in [2.24, 2.45) is 0 Å². The van der Waals surface area contributed by atoms with Gasteiger partial charge in [0.25, 0.3) is 5.91 Å². The minimum absolute atomic E-state index is 0.0648. The van der Waals surface area contributed by atoms with Gasteiger partial charge in [0.05, 0.1) is 23.2 Å². The minimum Gasteiger partial charge on any atom is -0.368 e. The minimum atomic E-state index is -3.09. The molecule has 2 aliphatic rings. The summed E-state index contributed by atoms with van der Waals surface area (Å²) in [6, 6.07) is 16.2. The predicted molar refractivity (Wildman–Crippen MR) is 139 cm³/mol. The molecule has 0 spiro atoms. The Morgan fingerprint density at radius 3 is 2.37 bits per heavy atom. The van der Waals surface area contributed by atoms with Gasteiger partial charge in [-0.1, -0.05) is 24.3 Å². The van der Waals surface area contributed by atoms with Crippen LogP contribution in [0.3, 0.4) is 0 Å². The molecule has 5 rings (SSSR count). The van der Waals surface area contributed by atoms with Crippen LogP contribution in [0.5, 0.6) is 0 Å². The molecule has 7 nitrogen and oxygen atoms in total. The first kappa shape index (κ1) is 23.6. The van der Waals surface area contributed by atoms with Crippen LogP contribution < -0.4 is 4.90 Å². The topological polar surface area (TPSA) is 75.5 Å². The smallest absolute Gasteiger partial charge is 0.274 e. The van der Waals surface area contributed by atoms with Crippen LogP contribution in [0.2, 0.25) is 0 Å². The van der Waals surface area contributed by atoms with E-state index in [0.717, 1.165) is 29.9 Å². The Morgan fingerprint density at radius 1 is 0.943 bits per heavy atom. The summed E-state index contributed by atoms with van der Waals surface area (Å²) < 4.78 is 26.2. The molecule has 8 heteroatoms. The van der Waals surface area contributed by atoms with Crippen LogP contribution in [-0.4, -0.2) is 66.7 Å². The van der Waals surface area contributed by atoms with Gasteiger partial charge >= 0.3 is 0 Å². The standard InChI is InChI=1S/C27H32N4O3S/c1-19-5-4-6-23(15-19)29-10-12-30(13-11-29)27(32)25-17-26(22-8-7-20(2)21(3)16-22)31(28-25)24-9-14-35(33,34)18-24/h4-8,15-17,24H,9-14,18H2,1-3H3/t24-/m1/s1. The van der Waals surface area contributed by atoms with Crippen LogP contribution in [0, 0.1) is 20.8 Å². The maximum atomic E-state index is 13.5. The van der Waals surface area contributed by atoms with Crippen molar-refractivity contribution in [3.8, 4) is 11.3 Å². The number of rotatable bonds is 4. The number of amides is 1. The van der Waals surface area contributed by atoms with Crippen LogP contribution in [0.4, 0.5) is 5.69 Å². The summed E-state index contributed by atoms with van der Waals surface area (Å²) in [5.41, 5.74) is 6.87. The van der Waals surface area contributed by atoms with Crippen molar-refractivity contribution in [2.45, 2.75) is 33.2 Å². The van der Waals surface area contributed by atoms with Gasteiger partial charge in [0.2, 0.25) is 0 Å². The highest BCUT2D eigenvalue weighted by molar-refractivity contribution is 7.91.